The van der Waals surface area contributed by atoms with Gasteiger partial charge in [-0.2, -0.15) is 0 Å². The summed E-state index contributed by atoms with van der Waals surface area (Å²) >= 11 is 1.48. The highest BCUT2D eigenvalue weighted by molar-refractivity contribution is 7.97. The maximum absolute atomic E-state index is 13.0. The lowest BCUT2D eigenvalue weighted by atomic mass is 10.1. The molecule has 1 amide bonds. The van der Waals surface area contributed by atoms with Gasteiger partial charge < -0.3 is 5.32 Å². The van der Waals surface area contributed by atoms with Crippen LogP contribution in [0.2, 0.25) is 0 Å². The van der Waals surface area contributed by atoms with E-state index in [0.29, 0.717) is 6.54 Å². The summed E-state index contributed by atoms with van der Waals surface area (Å²) in [5, 5.41) is 3.63. The van der Waals surface area contributed by atoms with Gasteiger partial charge in [0, 0.05) is 18.3 Å². The van der Waals surface area contributed by atoms with Crippen molar-refractivity contribution in [3.05, 3.63) is 59.0 Å². The largest absolute Gasteiger partial charge is 0.355 e. The second kappa shape index (κ2) is 9.14. The van der Waals surface area contributed by atoms with Gasteiger partial charge in [-0.1, -0.05) is 31.0 Å². The number of rotatable bonds is 10. The molecule has 1 saturated carbocycles. The standard InChI is InChI=1S/C20H24FN3OS/c1-14(16-5-8-18(21)9-6-16)24-26-20-11-7-17(12-22-13-25)19(23-20)10-4-15-2-3-15/h5-9,11,13-15,24H,2-4,10,12H2,1H3,(H,22,25). The van der Waals surface area contributed by atoms with Crippen LogP contribution >= 0.6 is 11.9 Å². The third-order valence-electron chi connectivity index (χ3n) is 4.62. The summed E-state index contributed by atoms with van der Waals surface area (Å²) in [6.45, 7) is 2.55. The maximum Gasteiger partial charge on any atom is 0.207 e. The zero-order chi connectivity index (χ0) is 18.4. The second-order valence-corrected chi connectivity index (χ2v) is 7.59. The van der Waals surface area contributed by atoms with Crippen LogP contribution in [-0.2, 0) is 17.8 Å². The molecule has 1 heterocycles. The number of amides is 1. The highest BCUT2D eigenvalue weighted by Crippen LogP contribution is 2.34. The number of aromatic nitrogens is 1. The van der Waals surface area contributed by atoms with Crippen molar-refractivity contribution in [3.63, 3.8) is 0 Å². The van der Waals surface area contributed by atoms with Gasteiger partial charge >= 0.3 is 0 Å². The molecule has 0 bridgehead atoms. The number of nitrogens with zero attached hydrogens (tertiary/aromatic N) is 1. The number of benzene rings is 1. The molecule has 138 valence electrons. The van der Waals surface area contributed by atoms with Crippen molar-refractivity contribution in [3.8, 4) is 0 Å². The molecular weight excluding hydrogens is 349 g/mol. The van der Waals surface area contributed by atoms with Crippen LogP contribution in [0.5, 0.6) is 0 Å². The van der Waals surface area contributed by atoms with Crippen LogP contribution in [0.4, 0.5) is 4.39 Å². The molecule has 1 atom stereocenters. The molecule has 0 saturated heterocycles. The number of carbonyl (C=O) groups excluding carboxylic acids is 1. The fraction of sp³-hybridized carbons (Fsp3) is 0.400. The van der Waals surface area contributed by atoms with Gasteiger partial charge in [-0.05, 0) is 67.0 Å². The molecule has 1 aromatic carbocycles. The Morgan fingerprint density at radius 1 is 1.27 bits per heavy atom. The van der Waals surface area contributed by atoms with E-state index in [2.05, 4.69) is 10.0 Å². The molecule has 4 nitrogen and oxygen atoms in total. The Hall–Kier alpha value is -1.92. The number of nitrogens with one attached hydrogen (secondary N) is 2. The van der Waals surface area contributed by atoms with Crippen LogP contribution in [-0.4, -0.2) is 11.4 Å². The van der Waals surface area contributed by atoms with Crippen molar-refractivity contribution in [1.82, 2.24) is 15.0 Å². The first-order chi connectivity index (χ1) is 12.7. The van der Waals surface area contributed by atoms with E-state index in [1.807, 2.05) is 19.1 Å². The molecule has 26 heavy (non-hydrogen) atoms. The van der Waals surface area contributed by atoms with E-state index in [-0.39, 0.29) is 11.9 Å². The van der Waals surface area contributed by atoms with Gasteiger partial charge in [0.2, 0.25) is 6.41 Å². The van der Waals surface area contributed by atoms with Crippen LogP contribution < -0.4 is 10.0 Å². The van der Waals surface area contributed by atoms with E-state index in [1.54, 1.807) is 12.1 Å². The van der Waals surface area contributed by atoms with Gasteiger partial charge in [-0.25, -0.2) is 9.37 Å². The quantitative estimate of drug-likeness (QED) is 0.485. The van der Waals surface area contributed by atoms with Crippen LogP contribution in [0, 0.1) is 11.7 Å². The van der Waals surface area contributed by atoms with Gasteiger partial charge in [0.05, 0.1) is 0 Å². The van der Waals surface area contributed by atoms with E-state index in [4.69, 9.17) is 4.98 Å². The number of pyridine rings is 1. The lowest BCUT2D eigenvalue weighted by Crippen LogP contribution is -2.14. The highest BCUT2D eigenvalue weighted by Gasteiger charge is 2.21. The summed E-state index contributed by atoms with van der Waals surface area (Å²) in [4.78, 5) is 15.4. The number of hydrogen-bond donors (Lipinski definition) is 2. The number of carbonyl (C=O) groups is 1. The van der Waals surface area contributed by atoms with Crippen molar-refractivity contribution in [2.75, 3.05) is 0 Å². The first kappa shape index (κ1) is 18.9. The Kier molecular flexibility index (Phi) is 6.63. The Bertz CT molecular complexity index is 734. The monoisotopic (exact) mass is 373 g/mol. The first-order valence-corrected chi connectivity index (χ1v) is 9.81. The fourth-order valence-electron chi connectivity index (χ4n) is 2.81. The molecule has 2 aromatic rings. The molecule has 1 fully saturated rings. The molecule has 1 aliphatic rings. The summed E-state index contributed by atoms with van der Waals surface area (Å²) in [6, 6.07) is 10.6. The molecule has 0 radical (unpaired) electrons. The summed E-state index contributed by atoms with van der Waals surface area (Å²) in [5.41, 5.74) is 3.17. The fourth-order valence-corrected chi connectivity index (χ4v) is 3.54. The highest BCUT2D eigenvalue weighted by atomic mass is 32.2. The molecule has 6 heteroatoms. The van der Waals surface area contributed by atoms with Crippen molar-refractivity contribution in [2.24, 2.45) is 5.92 Å². The predicted molar refractivity (Wildman–Crippen MR) is 102 cm³/mol. The third kappa shape index (κ3) is 5.54. The topological polar surface area (TPSA) is 54.0 Å². The average Bonchev–Trinajstić information content (AvgIpc) is 3.48. The van der Waals surface area contributed by atoms with Crippen LogP contribution in [0.25, 0.3) is 0 Å². The Morgan fingerprint density at radius 2 is 2.04 bits per heavy atom. The van der Waals surface area contributed by atoms with E-state index in [9.17, 15) is 9.18 Å². The predicted octanol–water partition coefficient (Wildman–Crippen LogP) is 4.17. The van der Waals surface area contributed by atoms with Gasteiger partial charge in [-0.3, -0.25) is 9.52 Å². The van der Waals surface area contributed by atoms with Crippen LogP contribution in [0.15, 0.2) is 41.4 Å². The Morgan fingerprint density at radius 3 is 2.73 bits per heavy atom. The van der Waals surface area contributed by atoms with Gasteiger partial charge in [-0.15, -0.1) is 0 Å². The number of hydrogen-bond acceptors (Lipinski definition) is 4. The van der Waals surface area contributed by atoms with Crippen molar-refractivity contribution in [1.29, 1.82) is 0 Å². The lowest BCUT2D eigenvalue weighted by Gasteiger charge is -2.15. The SMILES string of the molecule is CC(NSc1ccc(CNC=O)c(CCC2CC2)n1)c1ccc(F)cc1. The maximum atomic E-state index is 13.0. The van der Waals surface area contributed by atoms with E-state index in [0.717, 1.165) is 47.0 Å². The molecular formula is C20H24FN3OS. The molecule has 2 N–H and O–H groups in total. The van der Waals surface area contributed by atoms with Crippen LogP contribution in [0.1, 0.15) is 49.0 Å². The summed E-state index contributed by atoms with van der Waals surface area (Å²) in [7, 11) is 0. The molecule has 3 rings (SSSR count). The van der Waals surface area contributed by atoms with Gasteiger partial charge in [0.25, 0.3) is 0 Å². The average molecular weight is 373 g/mol. The summed E-state index contributed by atoms with van der Waals surface area (Å²) in [6.07, 6.45) is 5.48. The lowest BCUT2D eigenvalue weighted by molar-refractivity contribution is -0.109. The van der Waals surface area contributed by atoms with Gasteiger partial charge in [0.1, 0.15) is 10.8 Å². The summed E-state index contributed by atoms with van der Waals surface area (Å²) < 4.78 is 16.4. The van der Waals surface area contributed by atoms with E-state index in [1.165, 1.54) is 36.9 Å². The number of aryl methyl sites for hydroxylation is 1. The second-order valence-electron chi connectivity index (χ2n) is 6.73. The Balaban J connectivity index is 1.63. The minimum Gasteiger partial charge on any atom is -0.355 e. The van der Waals surface area contributed by atoms with Crippen molar-refractivity contribution >= 4 is 18.4 Å². The zero-order valence-electron chi connectivity index (χ0n) is 14.9. The van der Waals surface area contributed by atoms with E-state index >= 15 is 0 Å². The first-order valence-electron chi connectivity index (χ1n) is 8.99. The minimum atomic E-state index is -0.227. The Labute approximate surface area is 158 Å². The minimum absolute atomic E-state index is 0.0775. The molecule has 1 aliphatic carbocycles. The number of halogens is 1. The molecule has 0 spiro atoms. The summed E-state index contributed by atoms with van der Waals surface area (Å²) in [5.74, 6) is 0.617. The zero-order valence-corrected chi connectivity index (χ0v) is 15.7. The molecule has 1 aromatic heterocycles. The van der Waals surface area contributed by atoms with Gasteiger partial charge in [0.15, 0.2) is 0 Å². The smallest absolute Gasteiger partial charge is 0.207 e. The third-order valence-corrected chi connectivity index (χ3v) is 5.52. The van der Waals surface area contributed by atoms with Crippen LogP contribution in [0.3, 0.4) is 0 Å². The normalized spacial score (nSPS) is 14.8. The van der Waals surface area contributed by atoms with Crippen molar-refractivity contribution in [2.45, 2.75) is 50.2 Å². The molecule has 1 unspecified atom stereocenters. The van der Waals surface area contributed by atoms with E-state index < -0.39 is 0 Å². The molecule has 0 aliphatic heterocycles. The van der Waals surface area contributed by atoms with Crippen molar-refractivity contribution < 1.29 is 9.18 Å².